The second kappa shape index (κ2) is 7.84. The van der Waals surface area contributed by atoms with Gasteiger partial charge in [-0.1, -0.05) is 20.3 Å². The van der Waals surface area contributed by atoms with Crippen molar-refractivity contribution in [3.8, 4) is 0 Å². The van der Waals surface area contributed by atoms with Gasteiger partial charge in [0.2, 0.25) is 0 Å². The Hall–Kier alpha value is -0.521. The zero-order valence-electron chi connectivity index (χ0n) is 8.78. The SMILES string of the molecule is CC1=[C-]CC=C1.CCC1=[C-]CC=C1.[Fe+2]. The van der Waals surface area contributed by atoms with Crippen LogP contribution in [0.5, 0.6) is 0 Å². The van der Waals surface area contributed by atoms with Crippen LogP contribution < -0.4 is 0 Å². The molecule has 0 atom stereocenters. The molecule has 2 rings (SSSR count). The van der Waals surface area contributed by atoms with E-state index in [1.165, 1.54) is 11.1 Å². The molecule has 2 aliphatic rings. The molecule has 0 N–H and O–H groups in total. The molecule has 0 aromatic heterocycles. The van der Waals surface area contributed by atoms with E-state index in [0.717, 1.165) is 19.3 Å². The molecule has 0 aromatic carbocycles. The first-order chi connectivity index (χ1) is 6.33. The molecule has 0 unspecified atom stereocenters. The molecule has 0 saturated heterocycles. The molecule has 2 aliphatic carbocycles. The molecular weight excluding hydrogens is 212 g/mol. The maximum Gasteiger partial charge on any atom is 2.00 e. The Kier molecular flexibility index (Phi) is 7.55. The molecule has 0 spiro atoms. The van der Waals surface area contributed by atoms with Gasteiger partial charge in [-0.3, -0.25) is 12.2 Å². The van der Waals surface area contributed by atoms with Gasteiger partial charge in [-0.2, -0.15) is 12.2 Å². The first kappa shape index (κ1) is 13.5. The van der Waals surface area contributed by atoms with Gasteiger partial charge in [0.1, 0.15) is 0 Å². The smallest absolute Gasteiger partial charge is 0.270 e. The van der Waals surface area contributed by atoms with Crippen LogP contribution in [0, 0.1) is 12.2 Å². The van der Waals surface area contributed by atoms with Crippen molar-refractivity contribution in [3.05, 3.63) is 47.6 Å². The summed E-state index contributed by atoms with van der Waals surface area (Å²) in [5, 5.41) is 0. The molecular formula is C13H16Fe. The zero-order valence-corrected chi connectivity index (χ0v) is 9.89. The maximum absolute atomic E-state index is 3.21. The van der Waals surface area contributed by atoms with Crippen LogP contribution in [0.3, 0.4) is 0 Å². The van der Waals surface area contributed by atoms with E-state index in [0.29, 0.717) is 0 Å². The van der Waals surface area contributed by atoms with Crippen LogP contribution in [0.15, 0.2) is 35.5 Å². The molecule has 0 nitrogen and oxygen atoms in total. The summed E-state index contributed by atoms with van der Waals surface area (Å²) in [6.45, 7) is 4.21. The molecule has 0 radical (unpaired) electrons. The topological polar surface area (TPSA) is 0 Å². The quantitative estimate of drug-likeness (QED) is 0.473. The van der Waals surface area contributed by atoms with Crippen LogP contribution >= 0.6 is 0 Å². The van der Waals surface area contributed by atoms with Crippen molar-refractivity contribution in [3.63, 3.8) is 0 Å². The molecule has 14 heavy (non-hydrogen) atoms. The van der Waals surface area contributed by atoms with Crippen LogP contribution in [0.2, 0.25) is 0 Å². The Morgan fingerprint density at radius 1 is 1.14 bits per heavy atom. The second-order valence-corrected chi connectivity index (χ2v) is 3.13. The minimum Gasteiger partial charge on any atom is -0.270 e. The summed E-state index contributed by atoms with van der Waals surface area (Å²) in [5.41, 5.74) is 2.63. The summed E-state index contributed by atoms with van der Waals surface area (Å²) in [4.78, 5) is 0. The second-order valence-electron chi connectivity index (χ2n) is 3.13. The fourth-order valence-corrected chi connectivity index (χ4v) is 1.21. The average molecular weight is 228 g/mol. The number of allylic oxidation sites excluding steroid dienone is 8. The molecule has 0 bridgehead atoms. The van der Waals surface area contributed by atoms with Crippen molar-refractivity contribution in [1.29, 1.82) is 0 Å². The summed E-state index contributed by atoms with van der Waals surface area (Å²) in [6.07, 6.45) is 18.0. The van der Waals surface area contributed by atoms with Gasteiger partial charge in [-0.15, -0.1) is 12.8 Å². The minimum absolute atomic E-state index is 0. The van der Waals surface area contributed by atoms with Gasteiger partial charge in [0, 0.05) is 0 Å². The van der Waals surface area contributed by atoms with Crippen LogP contribution in [-0.2, 0) is 17.1 Å². The molecule has 0 heterocycles. The van der Waals surface area contributed by atoms with Gasteiger partial charge in [-0.25, -0.2) is 23.3 Å². The molecule has 0 aromatic rings. The normalized spacial score (nSPS) is 16.7. The monoisotopic (exact) mass is 228 g/mol. The molecule has 0 amide bonds. The average Bonchev–Trinajstić information content (AvgIpc) is 2.76. The Morgan fingerprint density at radius 2 is 1.79 bits per heavy atom. The Balaban J connectivity index is 0.000000227. The van der Waals surface area contributed by atoms with Crippen molar-refractivity contribution in [2.45, 2.75) is 33.1 Å². The number of rotatable bonds is 1. The van der Waals surface area contributed by atoms with Crippen LogP contribution in [0.25, 0.3) is 0 Å². The third-order valence-corrected chi connectivity index (χ3v) is 2.01. The van der Waals surface area contributed by atoms with Crippen LogP contribution in [-0.4, -0.2) is 0 Å². The summed E-state index contributed by atoms with van der Waals surface area (Å²) in [6, 6.07) is 0. The summed E-state index contributed by atoms with van der Waals surface area (Å²) in [5.74, 6) is 0. The zero-order chi connectivity index (χ0) is 9.52. The predicted molar refractivity (Wildman–Crippen MR) is 57.0 cm³/mol. The maximum atomic E-state index is 3.21. The van der Waals surface area contributed by atoms with Crippen molar-refractivity contribution in [2.75, 3.05) is 0 Å². The largest absolute Gasteiger partial charge is 2.00 e. The van der Waals surface area contributed by atoms with Gasteiger partial charge in [-0.05, 0) is 0 Å². The van der Waals surface area contributed by atoms with Crippen LogP contribution in [0.4, 0.5) is 0 Å². The van der Waals surface area contributed by atoms with Crippen molar-refractivity contribution in [2.24, 2.45) is 0 Å². The molecule has 0 saturated carbocycles. The fraction of sp³-hybridized carbons (Fsp3) is 0.385. The van der Waals surface area contributed by atoms with E-state index >= 15 is 0 Å². The molecule has 0 fully saturated rings. The van der Waals surface area contributed by atoms with Crippen LogP contribution in [0.1, 0.15) is 33.1 Å². The summed E-state index contributed by atoms with van der Waals surface area (Å²) < 4.78 is 0. The number of hydrogen-bond acceptors (Lipinski definition) is 0. The van der Waals surface area contributed by atoms with Gasteiger partial charge in [0.25, 0.3) is 0 Å². The van der Waals surface area contributed by atoms with E-state index in [1.807, 2.05) is 0 Å². The van der Waals surface area contributed by atoms with E-state index in [4.69, 9.17) is 0 Å². The van der Waals surface area contributed by atoms with Gasteiger partial charge in [0.05, 0.1) is 0 Å². The molecule has 76 valence electrons. The van der Waals surface area contributed by atoms with Crippen molar-refractivity contribution < 1.29 is 17.1 Å². The van der Waals surface area contributed by atoms with Gasteiger partial charge < -0.3 is 0 Å². The van der Waals surface area contributed by atoms with Crippen molar-refractivity contribution >= 4 is 0 Å². The standard InChI is InChI=1S/C7H9.C6H7.Fe/c1-2-7-5-3-4-6-7;1-6-4-2-3-5-6;/h3,5H,2,4H2,1H3;2,4H,3H2,1H3;/q2*-1;+2. The Bertz CT molecular complexity index is 264. The Labute approximate surface area is 97.9 Å². The van der Waals surface area contributed by atoms with E-state index in [2.05, 4.69) is 50.3 Å². The minimum atomic E-state index is 0. The van der Waals surface area contributed by atoms with Gasteiger partial charge in [0.15, 0.2) is 0 Å². The first-order valence-electron chi connectivity index (χ1n) is 4.83. The fourth-order valence-electron chi connectivity index (χ4n) is 1.21. The molecule has 1 heteroatoms. The predicted octanol–water partition coefficient (Wildman–Crippen LogP) is 3.78. The van der Waals surface area contributed by atoms with Crippen molar-refractivity contribution in [1.82, 2.24) is 0 Å². The first-order valence-corrected chi connectivity index (χ1v) is 4.83. The third-order valence-electron chi connectivity index (χ3n) is 2.01. The third kappa shape index (κ3) is 5.26. The van der Waals surface area contributed by atoms with E-state index in [9.17, 15) is 0 Å². The summed E-state index contributed by atoms with van der Waals surface area (Å²) in [7, 11) is 0. The Morgan fingerprint density at radius 3 is 2.00 bits per heavy atom. The van der Waals surface area contributed by atoms with E-state index < -0.39 is 0 Å². The number of hydrogen-bond donors (Lipinski definition) is 0. The van der Waals surface area contributed by atoms with E-state index in [-0.39, 0.29) is 17.1 Å². The summed E-state index contributed by atoms with van der Waals surface area (Å²) >= 11 is 0. The van der Waals surface area contributed by atoms with Gasteiger partial charge >= 0.3 is 17.1 Å². The van der Waals surface area contributed by atoms with E-state index in [1.54, 1.807) is 0 Å². The molecule has 0 aliphatic heterocycles.